The molecule has 1 unspecified atom stereocenters. The Morgan fingerprint density at radius 3 is 2.55 bits per heavy atom. The quantitative estimate of drug-likeness (QED) is 0.813. The van der Waals surface area contributed by atoms with Crippen molar-refractivity contribution in [3.05, 3.63) is 0 Å². The molecular weight excluding hydrogens is 248 g/mol. The van der Waals surface area contributed by atoms with Gasteiger partial charge in [0.2, 0.25) is 5.91 Å². The van der Waals surface area contributed by atoms with Gasteiger partial charge in [-0.2, -0.15) is 0 Å². The maximum absolute atomic E-state index is 12.6. The van der Waals surface area contributed by atoms with Crippen molar-refractivity contribution in [2.75, 3.05) is 19.6 Å². The summed E-state index contributed by atoms with van der Waals surface area (Å²) < 4.78 is 0. The highest BCUT2D eigenvalue weighted by Gasteiger charge is 2.43. The average molecular weight is 280 g/mol. The monoisotopic (exact) mass is 280 g/mol. The smallest absolute Gasteiger partial charge is 0.227 e. The third-order valence-corrected chi connectivity index (χ3v) is 5.72. The molecule has 0 spiro atoms. The minimum Gasteiger partial charge on any atom is -0.356 e. The molecular formula is C17H32N2O. The molecule has 2 fully saturated rings. The predicted molar refractivity (Wildman–Crippen MR) is 83.5 cm³/mol. The van der Waals surface area contributed by atoms with Gasteiger partial charge in [0.15, 0.2) is 0 Å². The van der Waals surface area contributed by atoms with Crippen molar-refractivity contribution < 1.29 is 4.79 Å². The first-order valence-electron chi connectivity index (χ1n) is 8.53. The van der Waals surface area contributed by atoms with Gasteiger partial charge in [-0.25, -0.2) is 0 Å². The highest BCUT2D eigenvalue weighted by atomic mass is 16.2. The molecule has 2 aliphatic rings. The normalized spacial score (nSPS) is 34.4. The van der Waals surface area contributed by atoms with Crippen LogP contribution in [0.25, 0.3) is 0 Å². The van der Waals surface area contributed by atoms with Gasteiger partial charge in [0, 0.05) is 13.1 Å². The summed E-state index contributed by atoms with van der Waals surface area (Å²) in [5.41, 5.74) is -0.166. The van der Waals surface area contributed by atoms with E-state index in [4.69, 9.17) is 0 Å². The largest absolute Gasteiger partial charge is 0.356 e. The van der Waals surface area contributed by atoms with Crippen LogP contribution < -0.4 is 10.6 Å². The predicted octanol–water partition coefficient (Wildman–Crippen LogP) is 2.95. The number of hydrogen-bond acceptors (Lipinski definition) is 2. The second-order valence-electron chi connectivity index (χ2n) is 7.41. The van der Waals surface area contributed by atoms with Gasteiger partial charge in [0.25, 0.3) is 0 Å². The van der Waals surface area contributed by atoms with E-state index in [2.05, 4.69) is 31.4 Å². The summed E-state index contributed by atoms with van der Waals surface area (Å²) in [4.78, 5) is 12.6. The molecule has 0 aromatic carbocycles. The van der Waals surface area contributed by atoms with E-state index in [1.807, 2.05) is 0 Å². The van der Waals surface area contributed by atoms with Crippen molar-refractivity contribution in [1.29, 1.82) is 0 Å². The Morgan fingerprint density at radius 2 is 2.00 bits per heavy atom. The molecule has 1 aliphatic heterocycles. The van der Waals surface area contributed by atoms with Crippen LogP contribution in [0.3, 0.4) is 0 Å². The second-order valence-corrected chi connectivity index (χ2v) is 7.41. The summed E-state index contributed by atoms with van der Waals surface area (Å²) >= 11 is 0. The molecule has 0 aromatic heterocycles. The van der Waals surface area contributed by atoms with E-state index in [0.717, 1.165) is 37.9 Å². The Kier molecular flexibility index (Phi) is 5.48. The number of carbonyl (C=O) groups is 1. The zero-order valence-electron chi connectivity index (χ0n) is 13.5. The molecule has 0 aromatic rings. The zero-order chi connectivity index (χ0) is 14.6. The molecule has 0 bridgehead atoms. The fourth-order valence-corrected chi connectivity index (χ4v) is 3.84. The SMILES string of the molecule is CC1CCC(CCNC(=O)C2(C(C)C)CCNC2)CC1. The topological polar surface area (TPSA) is 41.1 Å². The average Bonchev–Trinajstić information content (AvgIpc) is 2.91. The zero-order valence-corrected chi connectivity index (χ0v) is 13.5. The standard InChI is InChI=1S/C17H32N2O/c1-13(2)17(9-11-18-12-17)16(20)19-10-8-15-6-4-14(3)5-7-15/h13-15,18H,4-12H2,1-3H3,(H,19,20). The van der Waals surface area contributed by atoms with Gasteiger partial charge in [-0.3, -0.25) is 4.79 Å². The van der Waals surface area contributed by atoms with E-state index in [-0.39, 0.29) is 11.3 Å². The molecule has 1 heterocycles. The van der Waals surface area contributed by atoms with Gasteiger partial charge in [0.1, 0.15) is 0 Å². The van der Waals surface area contributed by atoms with E-state index in [1.54, 1.807) is 0 Å². The molecule has 2 rings (SSSR count). The number of rotatable bonds is 5. The van der Waals surface area contributed by atoms with Crippen LogP contribution in [0.2, 0.25) is 0 Å². The Bertz CT molecular complexity index is 313. The molecule has 0 radical (unpaired) electrons. The molecule has 2 N–H and O–H groups in total. The molecule has 1 saturated heterocycles. The minimum absolute atomic E-state index is 0.166. The van der Waals surface area contributed by atoms with Gasteiger partial charge < -0.3 is 10.6 Å². The summed E-state index contributed by atoms with van der Waals surface area (Å²) in [6.07, 6.45) is 7.61. The van der Waals surface area contributed by atoms with E-state index in [0.29, 0.717) is 5.92 Å². The number of hydrogen-bond donors (Lipinski definition) is 2. The van der Waals surface area contributed by atoms with E-state index < -0.39 is 0 Å². The first-order chi connectivity index (χ1) is 9.54. The van der Waals surface area contributed by atoms with Crippen molar-refractivity contribution in [2.45, 2.75) is 59.3 Å². The Labute approximate surface area is 124 Å². The van der Waals surface area contributed by atoms with Crippen LogP contribution in [-0.2, 0) is 4.79 Å². The molecule has 1 atom stereocenters. The number of nitrogens with one attached hydrogen (secondary N) is 2. The maximum atomic E-state index is 12.6. The third-order valence-electron chi connectivity index (χ3n) is 5.72. The van der Waals surface area contributed by atoms with Crippen molar-refractivity contribution in [1.82, 2.24) is 10.6 Å². The fraction of sp³-hybridized carbons (Fsp3) is 0.941. The third kappa shape index (κ3) is 3.55. The van der Waals surface area contributed by atoms with Crippen molar-refractivity contribution >= 4 is 5.91 Å². The molecule has 3 heteroatoms. The summed E-state index contributed by atoms with van der Waals surface area (Å²) in [5.74, 6) is 2.44. The van der Waals surface area contributed by atoms with Crippen LogP contribution in [0.15, 0.2) is 0 Å². The van der Waals surface area contributed by atoms with Crippen molar-refractivity contribution in [2.24, 2.45) is 23.2 Å². The van der Waals surface area contributed by atoms with Crippen LogP contribution in [0.4, 0.5) is 0 Å². The molecule has 20 heavy (non-hydrogen) atoms. The Hall–Kier alpha value is -0.570. The summed E-state index contributed by atoms with van der Waals surface area (Å²) in [6, 6.07) is 0. The first-order valence-corrected chi connectivity index (χ1v) is 8.53. The van der Waals surface area contributed by atoms with Gasteiger partial charge in [0.05, 0.1) is 5.41 Å². The van der Waals surface area contributed by atoms with Crippen LogP contribution in [0.1, 0.15) is 59.3 Å². The van der Waals surface area contributed by atoms with Crippen molar-refractivity contribution in [3.8, 4) is 0 Å². The Balaban J connectivity index is 1.74. The highest BCUT2D eigenvalue weighted by Crippen LogP contribution is 2.34. The lowest BCUT2D eigenvalue weighted by molar-refractivity contribution is -0.132. The molecule has 1 amide bonds. The number of amides is 1. The van der Waals surface area contributed by atoms with Crippen LogP contribution in [0, 0.1) is 23.2 Å². The molecule has 116 valence electrons. The summed E-state index contributed by atoms with van der Waals surface area (Å²) in [6.45, 7) is 9.40. The second kappa shape index (κ2) is 6.93. The van der Waals surface area contributed by atoms with Gasteiger partial charge in [-0.1, -0.05) is 46.5 Å². The summed E-state index contributed by atoms with van der Waals surface area (Å²) in [5, 5.41) is 6.59. The van der Waals surface area contributed by atoms with Crippen LogP contribution in [-0.4, -0.2) is 25.5 Å². The lowest BCUT2D eigenvalue weighted by atomic mass is 9.75. The number of carbonyl (C=O) groups excluding carboxylic acids is 1. The molecule has 3 nitrogen and oxygen atoms in total. The fourth-order valence-electron chi connectivity index (χ4n) is 3.84. The van der Waals surface area contributed by atoms with E-state index in [1.165, 1.54) is 32.1 Å². The first kappa shape index (κ1) is 15.8. The summed E-state index contributed by atoms with van der Waals surface area (Å²) in [7, 11) is 0. The van der Waals surface area contributed by atoms with Crippen LogP contribution >= 0.6 is 0 Å². The minimum atomic E-state index is -0.166. The van der Waals surface area contributed by atoms with Gasteiger partial charge in [-0.15, -0.1) is 0 Å². The Morgan fingerprint density at radius 1 is 1.30 bits per heavy atom. The lowest BCUT2D eigenvalue weighted by Crippen LogP contribution is -2.46. The van der Waals surface area contributed by atoms with Crippen molar-refractivity contribution in [3.63, 3.8) is 0 Å². The van der Waals surface area contributed by atoms with E-state index >= 15 is 0 Å². The van der Waals surface area contributed by atoms with Gasteiger partial charge in [-0.05, 0) is 37.1 Å². The maximum Gasteiger partial charge on any atom is 0.227 e. The molecule has 1 saturated carbocycles. The molecule has 1 aliphatic carbocycles. The van der Waals surface area contributed by atoms with Crippen LogP contribution in [0.5, 0.6) is 0 Å². The van der Waals surface area contributed by atoms with Gasteiger partial charge >= 0.3 is 0 Å². The lowest BCUT2D eigenvalue weighted by Gasteiger charge is -2.32. The van der Waals surface area contributed by atoms with E-state index in [9.17, 15) is 4.79 Å². The highest BCUT2D eigenvalue weighted by molar-refractivity contribution is 5.83.